The Balaban J connectivity index is 1.72. The van der Waals surface area contributed by atoms with Crippen LogP contribution in [0.3, 0.4) is 0 Å². The molecule has 3 nitrogen and oxygen atoms in total. The second-order valence-corrected chi connectivity index (χ2v) is 9.03. The molecule has 0 aliphatic rings. The van der Waals surface area contributed by atoms with Gasteiger partial charge in [-0.1, -0.05) is 73.7 Å². The fraction of sp³-hybridized carbons (Fsp3) is 0.241. The van der Waals surface area contributed by atoms with Crippen molar-refractivity contribution in [1.29, 1.82) is 0 Å². The van der Waals surface area contributed by atoms with Gasteiger partial charge in [-0.25, -0.2) is 0 Å². The van der Waals surface area contributed by atoms with Crippen molar-refractivity contribution in [2.75, 3.05) is 6.61 Å². The van der Waals surface area contributed by atoms with E-state index in [1.165, 1.54) is 44.1 Å². The first-order chi connectivity index (χ1) is 15.6. The molecule has 0 saturated carbocycles. The summed E-state index contributed by atoms with van der Waals surface area (Å²) >= 11 is 0. The van der Waals surface area contributed by atoms with Crippen molar-refractivity contribution in [1.82, 2.24) is 9.55 Å². The fourth-order valence-corrected chi connectivity index (χ4v) is 5.21. The smallest absolute Gasteiger partial charge is 0.0486 e. The number of aliphatic hydroxyl groups is 1. The molecule has 3 aromatic carbocycles. The van der Waals surface area contributed by atoms with Crippen molar-refractivity contribution in [2.24, 2.45) is 0 Å². The number of hydrogen-bond acceptors (Lipinski definition) is 1. The van der Waals surface area contributed by atoms with Crippen LogP contribution in [-0.2, 0) is 12.0 Å². The van der Waals surface area contributed by atoms with Gasteiger partial charge in [-0.3, -0.25) is 0 Å². The van der Waals surface area contributed by atoms with Crippen molar-refractivity contribution in [3.05, 3.63) is 107 Å². The Morgan fingerprint density at radius 3 is 2.44 bits per heavy atom. The van der Waals surface area contributed by atoms with E-state index in [2.05, 4.69) is 109 Å². The molecule has 5 aromatic rings. The SMILES string of the molecule is Cc1cccc2c(C(C)(CCCO)c3cn(Cc4ccccc4)c4ccccc34)c[nH]c12. The molecule has 5 rings (SSSR count). The van der Waals surface area contributed by atoms with Gasteiger partial charge in [0, 0.05) is 52.8 Å². The third-order valence-electron chi connectivity index (χ3n) is 6.93. The molecule has 162 valence electrons. The highest BCUT2D eigenvalue weighted by molar-refractivity contribution is 5.90. The molecule has 0 bridgehead atoms. The lowest BCUT2D eigenvalue weighted by Crippen LogP contribution is -2.24. The van der Waals surface area contributed by atoms with E-state index in [1.807, 2.05) is 0 Å². The molecule has 1 unspecified atom stereocenters. The summed E-state index contributed by atoms with van der Waals surface area (Å²) in [7, 11) is 0. The zero-order chi connectivity index (χ0) is 22.1. The summed E-state index contributed by atoms with van der Waals surface area (Å²) in [5, 5.41) is 12.3. The number of aromatic amines is 1. The van der Waals surface area contributed by atoms with Crippen LogP contribution in [0.2, 0.25) is 0 Å². The number of H-pyrrole nitrogens is 1. The van der Waals surface area contributed by atoms with Crippen LogP contribution in [0.5, 0.6) is 0 Å². The van der Waals surface area contributed by atoms with Gasteiger partial charge in [0.1, 0.15) is 0 Å². The van der Waals surface area contributed by atoms with Crippen LogP contribution in [0.1, 0.15) is 42.0 Å². The van der Waals surface area contributed by atoms with E-state index in [0.717, 1.165) is 19.4 Å². The van der Waals surface area contributed by atoms with Crippen molar-refractivity contribution in [3.8, 4) is 0 Å². The van der Waals surface area contributed by atoms with Crippen LogP contribution in [0.15, 0.2) is 85.2 Å². The van der Waals surface area contributed by atoms with E-state index in [4.69, 9.17) is 0 Å². The number of aliphatic hydroxyl groups excluding tert-OH is 1. The average Bonchev–Trinajstić information content (AvgIpc) is 3.42. The van der Waals surface area contributed by atoms with E-state index >= 15 is 0 Å². The molecular weight excluding hydrogens is 392 g/mol. The predicted molar refractivity (Wildman–Crippen MR) is 133 cm³/mol. The number of aryl methyl sites for hydroxylation is 1. The zero-order valence-electron chi connectivity index (χ0n) is 18.8. The van der Waals surface area contributed by atoms with Gasteiger partial charge >= 0.3 is 0 Å². The molecule has 0 spiro atoms. The quantitative estimate of drug-likeness (QED) is 0.306. The van der Waals surface area contributed by atoms with Gasteiger partial charge in [0.2, 0.25) is 0 Å². The first kappa shape index (κ1) is 20.6. The highest BCUT2D eigenvalue weighted by Gasteiger charge is 2.34. The van der Waals surface area contributed by atoms with Crippen molar-refractivity contribution < 1.29 is 5.11 Å². The lowest BCUT2D eigenvalue weighted by Gasteiger charge is -2.30. The molecule has 2 aromatic heterocycles. The average molecular weight is 423 g/mol. The number of nitrogens with one attached hydrogen (secondary N) is 1. The van der Waals surface area contributed by atoms with Crippen LogP contribution in [0.4, 0.5) is 0 Å². The van der Waals surface area contributed by atoms with Gasteiger partial charge in [0.25, 0.3) is 0 Å². The number of benzene rings is 3. The normalized spacial score (nSPS) is 13.6. The van der Waals surface area contributed by atoms with Gasteiger partial charge < -0.3 is 14.7 Å². The summed E-state index contributed by atoms with van der Waals surface area (Å²) in [5.74, 6) is 0. The standard InChI is InChI=1S/C29H30N2O/c1-21-10-8-14-24-25(18-30-28(21)24)29(2,16-9-17-32)26-20-31(19-22-11-4-3-5-12-22)27-15-7-6-13-23(26)27/h3-8,10-15,18,20,30,32H,9,16-17,19H2,1-2H3. The molecule has 0 amide bonds. The maximum atomic E-state index is 9.73. The predicted octanol–water partition coefficient (Wildman–Crippen LogP) is 6.56. The molecule has 0 aliphatic heterocycles. The fourth-order valence-electron chi connectivity index (χ4n) is 5.21. The second-order valence-electron chi connectivity index (χ2n) is 9.03. The number of nitrogens with zero attached hydrogens (tertiary/aromatic N) is 1. The minimum atomic E-state index is -0.226. The third kappa shape index (κ3) is 3.43. The highest BCUT2D eigenvalue weighted by atomic mass is 16.2. The molecule has 2 heterocycles. The summed E-state index contributed by atoms with van der Waals surface area (Å²) in [5.41, 5.74) is 7.39. The van der Waals surface area contributed by atoms with E-state index in [-0.39, 0.29) is 12.0 Å². The Morgan fingerprint density at radius 1 is 0.875 bits per heavy atom. The summed E-state index contributed by atoms with van der Waals surface area (Å²) in [6.07, 6.45) is 6.15. The third-order valence-corrected chi connectivity index (χ3v) is 6.93. The maximum Gasteiger partial charge on any atom is 0.0486 e. The Labute approximate surface area is 189 Å². The second kappa shape index (κ2) is 8.33. The summed E-state index contributed by atoms with van der Waals surface area (Å²) < 4.78 is 2.37. The Hall–Kier alpha value is -3.30. The monoisotopic (exact) mass is 422 g/mol. The van der Waals surface area contributed by atoms with Crippen LogP contribution in [-0.4, -0.2) is 21.3 Å². The summed E-state index contributed by atoms with van der Waals surface area (Å²) in [6, 6.07) is 25.8. The van der Waals surface area contributed by atoms with Gasteiger partial charge in [0.05, 0.1) is 0 Å². The van der Waals surface area contributed by atoms with Gasteiger partial charge in [0.15, 0.2) is 0 Å². The van der Waals surface area contributed by atoms with E-state index in [1.54, 1.807) is 0 Å². The first-order valence-electron chi connectivity index (χ1n) is 11.4. The topological polar surface area (TPSA) is 41.0 Å². The van der Waals surface area contributed by atoms with Crippen molar-refractivity contribution >= 4 is 21.8 Å². The minimum absolute atomic E-state index is 0.194. The van der Waals surface area contributed by atoms with Gasteiger partial charge in [-0.2, -0.15) is 0 Å². The molecule has 0 saturated heterocycles. The Morgan fingerprint density at radius 2 is 1.62 bits per heavy atom. The zero-order valence-corrected chi connectivity index (χ0v) is 18.8. The first-order valence-corrected chi connectivity index (χ1v) is 11.4. The number of fused-ring (bicyclic) bond motifs is 2. The molecule has 3 heteroatoms. The number of aromatic nitrogens is 2. The lowest BCUT2D eigenvalue weighted by molar-refractivity contribution is 0.272. The van der Waals surface area contributed by atoms with Gasteiger partial charge in [-0.05, 0) is 48.1 Å². The van der Waals surface area contributed by atoms with Crippen LogP contribution < -0.4 is 0 Å². The maximum absolute atomic E-state index is 9.73. The van der Waals surface area contributed by atoms with Crippen molar-refractivity contribution in [3.63, 3.8) is 0 Å². The van der Waals surface area contributed by atoms with E-state index in [9.17, 15) is 5.11 Å². The van der Waals surface area contributed by atoms with E-state index in [0.29, 0.717) is 0 Å². The summed E-state index contributed by atoms with van der Waals surface area (Å²) in [4.78, 5) is 3.53. The largest absolute Gasteiger partial charge is 0.396 e. The molecule has 2 N–H and O–H groups in total. The molecular formula is C29H30N2O. The lowest BCUT2D eigenvalue weighted by atomic mass is 9.72. The molecule has 0 radical (unpaired) electrons. The molecule has 0 aliphatic carbocycles. The van der Waals surface area contributed by atoms with Crippen LogP contribution >= 0.6 is 0 Å². The van der Waals surface area contributed by atoms with Crippen LogP contribution in [0, 0.1) is 6.92 Å². The Kier molecular flexibility index (Phi) is 5.36. The van der Waals surface area contributed by atoms with Crippen molar-refractivity contribution in [2.45, 2.75) is 38.6 Å². The number of hydrogen-bond donors (Lipinski definition) is 2. The summed E-state index contributed by atoms with van der Waals surface area (Å²) in [6.45, 7) is 5.52. The van der Waals surface area contributed by atoms with E-state index < -0.39 is 0 Å². The van der Waals surface area contributed by atoms with Gasteiger partial charge in [-0.15, -0.1) is 0 Å². The number of para-hydroxylation sites is 2. The Bertz CT molecular complexity index is 1360. The highest BCUT2D eigenvalue weighted by Crippen LogP contribution is 2.44. The van der Waals surface area contributed by atoms with Crippen LogP contribution in [0.25, 0.3) is 21.8 Å². The molecule has 1 atom stereocenters. The molecule has 0 fully saturated rings. The number of rotatable bonds is 7. The minimum Gasteiger partial charge on any atom is -0.396 e. The molecule has 32 heavy (non-hydrogen) atoms.